The number of rotatable bonds is 4. The molecule has 4 aromatic rings. The van der Waals surface area contributed by atoms with Crippen LogP contribution in [0, 0.1) is 17.1 Å². The average molecular weight is 451 g/mol. The Morgan fingerprint density at radius 1 is 1.03 bits per heavy atom. The second-order valence-electron chi connectivity index (χ2n) is 6.55. The molecule has 13 heteroatoms. The summed E-state index contributed by atoms with van der Waals surface area (Å²) in [5.74, 6) is -0.519. The van der Waals surface area contributed by atoms with Crippen molar-refractivity contribution in [2.24, 2.45) is 15.4 Å². The lowest BCUT2D eigenvalue weighted by atomic mass is 10.1. The molecule has 0 aliphatic heterocycles. The topological polar surface area (TPSA) is 191 Å². The molecule has 2 heterocycles. The molecule has 0 aliphatic rings. The van der Waals surface area contributed by atoms with Crippen molar-refractivity contribution in [1.29, 1.82) is 5.26 Å². The molecule has 0 bridgehead atoms. The summed E-state index contributed by atoms with van der Waals surface area (Å²) in [4.78, 5) is 4.36. The van der Waals surface area contributed by atoms with Gasteiger partial charge in [-0.15, -0.1) is 10.2 Å². The van der Waals surface area contributed by atoms with Gasteiger partial charge in [-0.05, 0) is 48.5 Å². The van der Waals surface area contributed by atoms with Crippen molar-refractivity contribution in [2.75, 3.05) is 11.5 Å². The van der Waals surface area contributed by atoms with Gasteiger partial charge in [-0.1, -0.05) is 0 Å². The Morgan fingerprint density at radius 3 is 2.28 bits per heavy atom. The summed E-state index contributed by atoms with van der Waals surface area (Å²) in [5.41, 5.74) is 13.3. The van der Waals surface area contributed by atoms with E-state index in [1.165, 1.54) is 53.0 Å². The van der Waals surface area contributed by atoms with Crippen molar-refractivity contribution in [2.45, 2.75) is 4.90 Å². The number of primary sulfonamides is 1. The van der Waals surface area contributed by atoms with Gasteiger partial charge in [-0.25, -0.2) is 22.9 Å². The molecule has 32 heavy (non-hydrogen) atoms. The first kappa shape index (κ1) is 20.8. The van der Waals surface area contributed by atoms with Crippen molar-refractivity contribution in [3.8, 4) is 17.3 Å². The summed E-state index contributed by atoms with van der Waals surface area (Å²) in [7, 11) is -3.84. The Kier molecular flexibility index (Phi) is 5.01. The molecule has 0 aliphatic carbocycles. The Balaban J connectivity index is 1.84. The van der Waals surface area contributed by atoms with Gasteiger partial charge < -0.3 is 11.5 Å². The van der Waals surface area contributed by atoms with Gasteiger partial charge in [0.2, 0.25) is 10.0 Å². The maximum atomic E-state index is 13.3. The number of azo groups is 1. The zero-order chi connectivity index (χ0) is 23.0. The number of fused-ring (bicyclic) bond motifs is 1. The van der Waals surface area contributed by atoms with Crippen LogP contribution in [0.1, 0.15) is 5.56 Å². The molecule has 0 unspecified atom stereocenters. The van der Waals surface area contributed by atoms with Gasteiger partial charge in [0.25, 0.3) is 0 Å². The molecule has 0 spiro atoms. The molecule has 4 rings (SSSR count). The number of halogens is 1. The number of hydrogen-bond acceptors (Lipinski definition) is 9. The van der Waals surface area contributed by atoms with E-state index in [0.29, 0.717) is 11.3 Å². The van der Waals surface area contributed by atoms with Gasteiger partial charge >= 0.3 is 0 Å². The Morgan fingerprint density at radius 2 is 1.69 bits per heavy atom. The second kappa shape index (κ2) is 7.69. The predicted octanol–water partition coefficient (Wildman–Crippen LogP) is 2.63. The van der Waals surface area contributed by atoms with Gasteiger partial charge in [-0.3, -0.25) is 0 Å². The minimum Gasteiger partial charge on any atom is -0.382 e. The number of benzene rings is 2. The predicted molar refractivity (Wildman–Crippen MR) is 114 cm³/mol. The fraction of sp³-hybridized carbons (Fsp3) is 0. The highest BCUT2D eigenvalue weighted by molar-refractivity contribution is 7.89. The van der Waals surface area contributed by atoms with E-state index in [2.05, 4.69) is 20.3 Å². The third-order valence-corrected chi connectivity index (χ3v) is 5.39. The number of nitrogens with zero attached hydrogens (tertiary/aromatic N) is 6. The maximum absolute atomic E-state index is 13.3. The van der Waals surface area contributed by atoms with E-state index in [4.69, 9.17) is 16.6 Å². The summed E-state index contributed by atoms with van der Waals surface area (Å²) in [6.07, 6.45) is 0. The highest BCUT2D eigenvalue weighted by atomic mass is 32.2. The molecule has 11 nitrogen and oxygen atoms in total. The minimum atomic E-state index is -3.84. The second-order valence-corrected chi connectivity index (χ2v) is 8.11. The fourth-order valence-electron chi connectivity index (χ4n) is 2.91. The van der Waals surface area contributed by atoms with E-state index in [9.17, 15) is 18.1 Å². The lowest BCUT2D eigenvalue weighted by Crippen LogP contribution is -2.11. The smallest absolute Gasteiger partial charge is 0.238 e. The van der Waals surface area contributed by atoms with E-state index < -0.39 is 15.8 Å². The van der Waals surface area contributed by atoms with Gasteiger partial charge in [0, 0.05) is 5.56 Å². The number of hydrogen-bond donors (Lipinski definition) is 3. The van der Waals surface area contributed by atoms with E-state index in [1.54, 1.807) is 0 Å². The SMILES string of the molecule is N#Cc1c(-c2ccc(F)cc2)nc2c(N=Nc3ccc(S(N)(=O)=O)cc3)c(N)nn2c1N. The molecular weight excluding hydrogens is 437 g/mol. The lowest BCUT2D eigenvalue weighted by molar-refractivity contribution is 0.598. The summed E-state index contributed by atoms with van der Waals surface area (Å²) in [5, 5.41) is 26.8. The summed E-state index contributed by atoms with van der Waals surface area (Å²) in [6.45, 7) is 0. The van der Waals surface area contributed by atoms with Crippen molar-refractivity contribution in [1.82, 2.24) is 14.6 Å². The van der Waals surface area contributed by atoms with Crippen LogP contribution in [-0.4, -0.2) is 23.0 Å². The normalized spacial score (nSPS) is 11.8. The lowest BCUT2D eigenvalue weighted by Gasteiger charge is -2.08. The van der Waals surface area contributed by atoms with Crippen LogP contribution in [0.4, 0.5) is 27.4 Å². The van der Waals surface area contributed by atoms with Crippen molar-refractivity contribution >= 4 is 38.7 Å². The Hall–Kier alpha value is -4.41. The average Bonchev–Trinajstić information content (AvgIpc) is 3.08. The van der Waals surface area contributed by atoms with E-state index >= 15 is 0 Å². The van der Waals surface area contributed by atoms with Crippen LogP contribution in [0.15, 0.2) is 63.7 Å². The number of nitriles is 1. The molecule has 0 radical (unpaired) electrons. The minimum absolute atomic E-state index is 0.0255. The standard InChI is InChI=1S/C19H14FN9O2S/c20-11-3-1-10(2-4-11)15-14(9-21)18(23)29-19(25-15)16(17(22)28-29)27-26-12-5-7-13(8-6-12)32(24,30)31/h1-8H,23H2,(H2,22,28)(H2,24,30,31). The molecule has 2 aromatic carbocycles. The highest BCUT2D eigenvalue weighted by Crippen LogP contribution is 2.34. The number of nitrogen functional groups attached to an aromatic ring is 2. The molecule has 0 saturated carbocycles. The maximum Gasteiger partial charge on any atom is 0.238 e. The molecular formula is C19H14FN9O2S. The fourth-order valence-corrected chi connectivity index (χ4v) is 3.42. The van der Waals surface area contributed by atoms with Crippen LogP contribution in [-0.2, 0) is 10.0 Å². The van der Waals surface area contributed by atoms with Crippen LogP contribution in [0.25, 0.3) is 16.9 Å². The quantitative estimate of drug-likeness (QED) is 0.397. The van der Waals surface area contributed by atoms with Crippen LogP contribution < -0.4 is 16.6 Å². The third-order valence-electron chi connectivity index (χ3n) is 4.46. The molecule has 0 amide bonds. The van der Waals surface area contributed by atoms with E-state index in [0.717, 1.165) is 0 Å². The van der Waals surface area contributed by atoms with Crippen LogP contribution in [0.5, 0.6) is 0 Å². The number of aromatic nitrogens is 3. The van der Waals surface area contributed by atoms with Crippen LogP contribution >= 0.6 is 0 Å². The number of anilines is 2. The Bertz CT molecular complexity index is 1520. The number of nitrogens with two attached hydrogens (primary N) is 3. The van der Waals surface area contributed by atoms with Gasteiger partial charge in [0.15, 0.2) is 17.2 Å². The molecule has 2 aromatic heterocycles. The highest BCUT2D eigenvalue weighted by Gasteiger charge is 2.20. The zero-order valence-electron chi connectivity index (χ0n) is 16.1. The largest absolute Gasteiger partial charge is 0.382 e. The summed E-state index contributed by atoms with van der Waals surface area (Å²) < 4.78 is 37.2. The molecule has 0 saturated heterocycles. The van der Waals surface area contributed by atoms with Gasteiger partial charge in [0.05, 0.1) is 16.3 Å². The Labute approximate surface area is 180 Å². The van der Waals surface area contributed by atoms with Crippen molar-refractivity contribution in [3.05, 3.63) is 59.9 Å². The van der Waals surface area contributed by atoms with Crippen LogP contribution in [0.2, 0.25) is 0 Å². The summed E-state index contributed by atoms with van der Waals surface area (Å²) in [6, 6.07) is 12.7. The first-order valence-corrected chi connectivity index (χ1v) is 10.4. The number of sulfonamides is 1. The molecule has 6 N–H and O–H groups in total. The van der Waals surface area contributed by atoms with E-state index in [-0.39, 0.29) is 39.1 Å². The van der Waals surface area contributed by atoms with Crippen molar-refractivity contribution < 1.29 is 12.8 Å². The first-order chi connectivity index (χ1) is 15.2. The molecule has 0 fully saturated rings. The van der Waals surface area contributed by atoms with Crippen LogP contribution in [0.3, 0.4) is 0 Å². The zero-order valence-corrected chi connectivity index (χ0v) is 17.0. The monoisotopic (exact) mass is 451 g/mol. The van der Waals surface area contributed by atoms with Gasteiger partial charge in [-0.2, -0.15) is 14.9 Å². The van der Waals surface area contributed by atoms with E-state index in [1.807, 2.05) is 6.07 Å². The molecule has 0 atom stereocenters. The third kappa shape index (κ3) is 3.71. The van der Waals surface area contributed by atoms with Crippen molar-refractivity contribution in [3.63, 3.8) is 0 Å². The van der Waals surface area contributed by atoms with Gasteiger partial charge in [0.1, 0.15) is 23.3 Å². The molecule has 160 valence electrons. The first-order valence-electron chi connectivity index (χ1n) is 8.87. The summed E-state index contributed by atoms with van der Waals surface area (Å²) >= 11 is 0.